The molecule has 0 aliphatic carbocycles. The number of hydrogen-bond donors (Lipinski definition) is 2. The van der Waals surface area contributed by atoms with Gasteiger partial charge in [-0.05, 0) is 44.0 Å². The molecule has 0 spiro atoms. The molecule has 0 radical (unpaired) electrons. The molecule has 0 aliphatic heterocycles. The van der Waals surface area contributed by atoms with Crippen LogP contribution in [0.4, 0.5) is 15.0 Å². The molecule has 1 unspecified atom stereocenters. The van der Waals surface area contributed by atoms with Gasteiger partial charge in [-0.25, -0.2) is 9.18 Å². The first-order valence-electron chi connectivity index (χ1n) is 11.9. The molecule has 0 bridgehead atoms. The first-order valence-corrected chi connectivity index (χ1v) is 11.9. The van der Waals surface area contributed by atoms with Crippen molar-refractivity contribution < 1.29 is 18.7 Å². The van der Waals surface area contributed by atoms with Crippen LogP contribution in [0.1, 0.15) is 42.1 Å². The number of amides is 2. The number of nitrogens with zero attached hydrogens (tertiary/aromatic N) is 7. The largest absolute Gasteiger partial charge is 0.450 e. The lowest BCUT2D eigenvalue weighted by molar-refractivity contribution is 0.100. The molecule has 12 nitrogen and oxygen atoms in total. The van der Waals surface area contributed by atoms with Crippen molar-refractivity contribution in [2.24, 2.45) is 5.73 Å². The average molecular weight is 512 g/mol. The summed E-state index contributed by atoms with van der Waals surface area (Å²) in [6.45, 7) is 2.83. The molecule has 1 atom stereocenters. The Morgan fingerprint density at radius 3 is 2.62 bits per heavy atom. The summed E-state index contributed by atoms with van der Waals surface area (Å²) in [5.74, 6) is -0.889. The molecule has 0 saturated carbocycles. The molecule has 3 rings (SSSR count). The maximum atomic E-state index is 15.2. The number of hydrogen-bond acceptors (Lipinski definition) is 8. The van der Waals surface area contributed by atoms with Gasteiger partial charge in [-0.3, -0.25) is 19.7 Å². The maximum absolute atomic E-state index is 15.2. The fourth-order valence-corrected chi connectivity index (χ4v) is 3.71. The van der Waals surface area contributed by atoms with Crippen LogP contribution >= 0.6 is 0 Å². The summed E-state index contributed by atoms with van der Waals surface area (Å²) in [4.78, 5) is 27.0. The minimum absolute atomic E-state index is 0.0413. The Kier molecular flexibility index (Phi) is 10.1. The normalized spacial score (nSPS) is 11.7. The number of carbonyl (C=O) groups excluding carboxylic acids is 2. The number of primary amides is 1. The summed E-state index contributed by atoms with van der Waals surface area (Å²) in [6, 6.07) is 9.79. The number of anilines is 1. The molecular weight excluding hydrogens is 481 g/mol. The van der Waals surface area contributed by atoms with E-state index < -0.39 is 18.2 Å². The van der Waals surface area contributed by atoms with Crippen LogP contribution in [0, 0.1) is 11.3 Å². The molecule has 196 valence electrons. The number of benzene rings is 1. The highest BCUT2D eigenvalue weighted by Gasteiger charge is 2.20. The molecule has 0 saturated heterocycles. The van der Waals surface area contributed by atoms with E-state index in [2.05, 4.69) is 26.7 Å². The zero-order valence-electron chi connectivity index (χ0n) is 20.6. The predicted molar refractivity (Wildman–Crippen MR) is 132 cm³/mol. The molecule has 3 aromatic rings. The van der Waals surface area contributed by atoms with Gasteiger partial charge in [-0.2, -0.15) is 25.4 Å². The summed E-state index contributed by atoms with van der Waals surface area (Å²) < 4.78 is 21.2. The number of aromatic nitrogens is 5. The third-order valence-electron chi connectivity index (χ3n) is 5.37. The highest BCUT2D eigenvalue weighted by molar-refractivity contribution is 6.00. The lowest BCUT2D eigenvalue weighted by atomic mass is 10.1. The highest BCUT2D eigenvalue weighted by atomic mass is 19.1. The minimum Gasteiger partial charge on any atom is -0.450 e. The lowest BCUT2D eigenvalue weighted by Gasteiger charge is -2.24. The molecule has 3 N–H and O–H groups in total. The molecule has 37 heavy (non-hydrogen) atoms. The Balaban J connectivity index is 1.66. The zero-order chi connectivity index (χ0) is 26.6. The smallest absolute Gasteiger partial charge is 0.412 e. The molecule has 0 fully saturated rings. The number of nitrogens with one attached hydrogen (secondary N) is 1. The zero-order valence-corrected chi connectivity index (χ0v) is 20.6. The van der Waals surface area contributed by atoms with Crippen LogP contribution in [0.15, 0.2) is 42.9 Å². The van der Waals surface area contributed by atoms with Crippen LogP contribution in [0.3, 0.4) is 0 Å². The van der Waals surface area contributed by atoms with Crippen LogP contribution in [0.25, 0.3) is 5.69 Å². The van der Waals surface area contributed by atoms with Gasteiger partial charge >= 0.3 is 6.09 Å². The van der Waals surface area contributed by atoms with E-state index in [0.29, 0.717) is 19.5 Å². The minimum atomic E-state index is -1.33. The number of nitriles is 1. The van der Waals surface area contributed by atoms with E-state index in [1.54, 1.807) is 19.3 Å². The van der Waals surface area contributed by atoms with Crippen LogP contribution in [0.5, 0.6) is 0 Å². The Hall–Kier alpha value is -4.31. The van der Waals surface area contributed by atoms with Crippen molar-refractivity contribution in [3.63, 3.8) is 0 Å². The van der Waals surface area contributed by atoms with Gasteiger partial charge in [0.2, 0.25) is 0 Å². The van der Waals surface area contributed by atoms with Gasteiger partial charge in [0.15, 0.2) is 5.82 Å². The Bertz CT molecular complexity index is 1190. The van der Waals surface area contributed by atoms with Crippen LogP contribution < -0.4 is 11.1 Å². The van der Waals surface area contributed by atoms with Crippen molar-refractivity contribution in [2.45, 2.75) is 45.4 Å². The van der Waals surface area contributed by atoms with E-state index in [1.165, 1.54) is 15.7 Å². The van der Waals surface area contributed by atoms with E-state index in [0.717, 1.165) is 24.1 Å². The SMILES string of the molecule is CCOC(=O)Nc1nn(CC(F)CN(CCCCC#N)Cc2ccc(-n3nccn3)cc2)cc1C(N)=O. The molecule has 2 heterocycles. The maximum Gasteiger partial charge on any atom is 0.412 e. The number of alkyl halides is 1. The Morgan fingerprint density at radius 1 is 1.24 bits per heavy atom. The summed E-state index contributed by atoms with van der Waals surface area (Å²) >= 11 is 0. The van der Waals surface area contributed by atoms with Gasteiger partial charge < -0.3 is 10.5 Å². The molecule has 2 aromatic heterocycles. The van der Waals surface area contributed by atoms with E-state index in [-0.39, 0.29) is 31.1 Å². The second kappa shape index (κ2) is 13.7. The van der Waals surface area contributed by atoms with Gasteiger partial charge in [0.1, 0.15) is 11.7 Å². The van der Waals surface area contributed by atoms with Crippen molar-refractivity contribution in [2.75, 3.05) is 25.0 Å². The van der Waals surface area contributed by atoms with E-state index in [9.17, 15) is 9.59 Å². The highest BCUT2D eigenvalue weighted by Crippen LogP contribution is 2.16. The Morgan fingerprint density at radius 2 is 1.97 bits per heavy atom. The second-order valence-electron chi connectivity index (χ2n) is 8.26. The quantitative estimate of drug-likeness (QED) is 0.313. The van der Waals surface area contributed by atoms with Crippen LogP contribution in [0.2, 0.25) is 0 Å². The third-order valence-corrected chi connectivity index (χ3v) is 5.37. The van der Waals surface area contributed by atoms with E-state index in [1.807, 2.05) is 29.2 Å². The monoisotopic (exact) mass is 511 g/mol. The first kappa shape index (κ1) is 27.3. The van der Waals surface area contributed by atoms with E-state index in [4.69, 9.17) is 15.7 Å². The molecule has 13 heteroatoms. The van der Waals surface area contributed by atoms with Crippen molar-refractivity contribution in [1.82, 2.24) is 29.7 Å². The van der Waals surface area contributed by atoms with Gasteiger partial charge in [0.05, 0.1) is 37.3 Å². The lowest BCUT2D eigenvalue weighted by Crippen LogP contribution is -2.33. The topological polar surface area (TPSA) is 157 Å². The van der Waals surface area contributed by atoms with Gasteiger partial charge in [-0.15, -0.1) is 0 Å². The van der Waals surface area contributed by atoms with Crippen molar-refractivity contribution in [3.05, 3.63) is 54.0 Å². The van der Waals surface area contributed by atoms with Crippen molar-refractivity contribution in [1.29, 1.82) is 5.26 Å². The molecular formula is C24H30FN9O3. The third kappa shape index (κ3) is 8.39. The second-order valence-corrected chi connectivity index (χ2v) is 8.26. The molecule has 0 aliphatic rings. The van der Waals surface area contributed by atoms with Gasteiger partial charge in [0, 0.05) is 25.7 Å². The van der Waals surface area contributed by atoms with Crippen molar-refractivity contribution in [3.8, 4) is 11.8 Å². The van der Waals surface area contributed by atoms with Gasteiger partial charge in [-0.1, -0.05) is 12.1 Å². The predicted octanol–water partition coefficient (Wildman–Crippen LogP) is 2.67. The fraction of sp³-hybridized carbons (Fsp3) is 0.417. The number of rotatable bonds is 14. The summed E-state index contributed by atoms with van der Waals surface area (Å²) in [5.41, 5.74) is 7.14. The number of halogens is 1. The average Bonchev–Trinajstić information content (AvgIpc) is 3.53. The fourth-order valence-electron chi connectivity index (χ4n) is 3.71. The van der Waals surface area contributed by atoms with Crippen LogP contribution in [-0.4, -0.2) is 67.5 Å². The number of nitrogens with two attached hydrogens (primary N) is 1. The van der Waals surface area contributed by atoms with Crippen molar-refractivity contribution >= 4 is 17.8 Å². The summed E-state index contributed by atoms with van der Waals surface area (Å²) in [6.07, 6.45) is 4.28. The molecule has 1 aromatic carbocycles. The summed E-state index contributed by atoms with van der Waals surface area (Å²) in [7, 11) is 0. The van der Waals surface area contributed by atoms with Gasteiger partial charge in [0.25, 0.3) is 5.91 Å². The van der Waals surface area contributed by atoms with Crippen LogP contribution in [-0.2, 0) is 17.8 Å². The number of ether oxygens (including phenoxy) is 1. The number of carbonyl (C=O) groups is 2. The van der Waals surface area contributed by atoms with E-state index >= 15 is 4.39 Å². The Labute approximate surface area is 213 Å². The summed E-state index contributed by atoms with van der Waals surface area (Å²) in [5, 5.41) is 23.5. The number of unbranched alkanes of at least 4 members (excludes halogenated alkanes) is 2. The first-order chi connectivity index (χ1) is 17.9. The molecule has 2 amide bonds. The standard InChI is InChI=1S/C24H30FN9O3/c1-2-37-24(36)30-23-21(22(27)35)17-33(31-23)16-19(25)15-32(13-5-3-4-10-26)14-18-6-8-20(9-7-18)34-28-11-12-29-34/h6-9,11-12,17,19H,2-5,13-16H2,1H3,(H2,27,35)(H,30,31,36).